The second-order valence-electron chi connectivity index (χ2n) is 6.27. The van der Waals surface area contributed by atoms with E-state index in [0.717, 1.165) is 39.0 Å². The Bertz CT molecular complexity index is 554. The normalized spacial score (nSPS) is 15.4. The van der Waals surface area contributed by atoms with Gasteiger partial charge in [-0.25, -0.2) is 4.39 Å². The maximum atomic E-state index is 12.9. The van der Waals surface area contributed by atoms with Gasteiger partial charge in [0, 0.05) is 39.4 Å². The molecule has 24 heavy (non-hydrogen) atoms. The van der Waals surface area contributed by atoms with Crippen molar-refractivity contribution in [2.75, 3.05) is 40.4 Å². The lowest BCUT2D eigenvalue weighted by atomic mass is 9.94. The van der Waals surface area contributed by atoms with Crippen LogP contribution < -0.4 is 0 Å². The van der Waals surface area contributed by atoms with Gasteiger partial charge in [-0.15, -0.1) is 0 Å². The van der Waals surface area contributed by atoms with E-state index in [1.165, 1.54) is 29.2 Å². The molecule has 1 aliphatic heterocycles. The zero-order valence-electron chi connectivity index (χ0n) is 14.3. The molecule has 6 heteroatoms. The number of piperidine rings is 1. The topological polar surface area (TPSA) is 49.9 Å². The first-order chi connectivity index (χ1) is 11.5. The van der Waals surface area contributed by atoms with E-state index >= 15 is 0 Å². The van der Waals surface area contributed by atoms with Crippen molar-refractivity contribution in [1.82, 2.24) is 9.80 Å². The van der Waals surface area contributed by atoms with E-state index in [-0.39, 0.29) is 24.2 Å². The third-order valence-corrected chi connectivity index (χ3v) is 4.51. The Labute approximate surface area is 142 Å². The van der Waals surface area contributed by atoms with Crippen LogP contribution in [0, 0.1) is 11.7 Å². The van der Waals surface area contributed by atoms with Gasteiger partial charge < -0.3 is 14.5 Å². The standard InChI is InChI=1S/C18H25FN2O3/c1-20(18(23)15-3-5-16(19)6-4-15)13-17(22)21-10-7-14(8-11-21)9-12-24-2/h3-6,14H,7-13H2,1-2H3. The van der Waals surface area contributed by atoms with Gasteiger partial charge >= 0.3 is 0 Å². The lowest BCUT2D eigenvalue weighted by molar-refractivity contribution is -0.133. The van der Waals surface area contributed by atoms with Crippen LogP contribution in [0.15, 0.2) is 24.3 Å². The number of methoxy groups -OCH3 is 1. The number of likely N-dealkylation sites (N-methyl/N-ethyl adjacent to an activating group) is 1. The Hall–Kier alpha value is -1.95. The molecule has 1 saturated heterocycles. The Morgan fingerprint density at radius 2 is 1.88 bits per heavy atom. The maximum Gasteiger partial charge on any atom is 0.254 e. The number of ether oxygens (including phenoxy) is 1. The van der Waals surface area contributed by atoms with E-state index in [9.17, 15) is 14.0 Å². The molecule has 2 rings (SSSR count). The third-order valence-electron chi connectivity index (χ3n) is 4.51. The highest BCUT2D eigenvalue weighted by Gasteiger charge is 2.24. The number of amides is 2. The van der Waals surface area contributed by atoms with Crippen molar-refractivity contribution >= 4 is 11.8 Å². The van der Waals surface area contributed by atoms with Crippen molar-refractivity contribution in [3.8, 4) is 0 Å². The average Bonchev–Trinajstić information content (AvgIpc) is 2.60. The fourth-order valence-electron chi connectivity index (χ4n) is 2.94. The molecule has 0 radical (unpaired) electrons. The first kappa shape index (κ1) is 18.4. The minimum absolute atomic E-state index is 0.0406. The molecule has 1 aromatic rings. The molecule has 0 unspecified atom stereocenters. The molecule has 1 aromatic carbocycles. The first-order valence-corrected chi connectivity index (χ1v) is 8.29. The van der Waals surface area contributed by atoms with E-state index in [0.29, 0.717) is 11.5 Å². The monoisotopic (exact) mass is 336 g/mol. The molecule has 1 heterocycles. The van der Waals surface area contributed by atoms with Gasteiger partial charge in [0.15, 0.2) is 0 Å². The number of halogens is 1. The van der Waals surface area contributed by atoms with Gasteiger partial charge in [0.05, 0.1) is 6.54 Å². The van der Waals surface area contributed by atoms with Crippen molar-refractivity contribution in [3.63, 3.8) is 0 Å². The van der Waals surface area contributed by atoms with Gasteiger partial charge in [-0.3, -0.25) is 9.59 Å². The summed E-state index contributed by atoms with van der Waals surface area (Å²) in [5, 5.41) is 0. The Morgan fingerprint density at radius 3 is 2.46 bits per heavy atom. The predicted octanol–water partition coefficient (Wildman–Crippen LogP) is 2.17. The van der Waals surface area contributed by atoms with Crippen molar-refractivity contribution in [1.29, 1.82) is 0 Å². The molecule has 0 spiro atoms. The molecule has 0 aliphatic carbocycles. The fourth-order valence-corrected chi connectivity index (χ4v) is 2.94. The smallest absolute Gasteiger partial charge is 0.254 e. The molecule has 0 saturated carbocycles. The lowest BCUT2D eigenvalue weighted by Crippen LogP contribution is -2.44. The highest BCUT2D eigenvalue weighted by Crippen LogP contribution is 2.20. The second-order valence-corrected chi connectivity index (χ2v) is 6.27. The quantitative estimate of drug-likeness (QED) is 0.800. The Kier molecular flexibility index (Phi) is 6.73. The number of rotatable bonds is 6. The summed E-state index contributed by atoms with van der Waals surface area (Å²) in [6.45, 7) is 2.25. The van der Waals surface area contributed by atoms with E-state index < -0.39 is 0 Å². The summed E-state index contributed by atoms with van der Waals surface area (Å²) >= 11 is 0. The zero-order chi connectivity index (χ0) is 17.5. The van der Waals surface area contributed by atoms with Crippen molar-refractivity contribution < 1.29 is 18.7 Å². The SMILES string of the molecule is COCCC1CCN(C(=O)CN(C)C(=O)c2ccc(F)cc2)CC1. The van der Waals surface area contributed by atoms with Crippen LogP contribution in [-0.2, 0) is 9.53 Å². The zero-order valence-corrected chi connectivity index (χ0v) is 14.3. The highest BCUT2D eigenvalue weighted by atomic mass is 19.1. The average molecular weight is 336 g/mol. The maximum absolute atomic E-state index is 12.9. The number of carbonyl (C=O) groups excluding carboxylic acids is 2. The van der Waals surface area contributed by atoms with Crippen LogP contribution in [0.25, 0.3) is 0 Å². The van der Waals surface area contributed by atoms with E-state index in [4.69, 9.17) is 4.74 Å². The van der Waals surface area contributed by atoms with Crippen LogP contribution in [-0.4, -0.2) is 62.0 Å². The third kappa shape index (κ3) is 5.03. The molecular weight excluding hydrogens is 311 g/mol. The number of benzene rings is 1. The van der Waals surface area contributed by atoms with Gasteiger partial charge in [-0.1, -0.05) is 0 Å². The first-order valence-electron chi connectivity index (χ1n) is 8.29. The van der Waals surface area contributed by atoms with Gasteiger partial charge in [-0.05, 0) is 49.4 Å². The lowest BCUT2D eigenvalue weighted by Gasteiger charge is -2.33. The fraction of sp³-hybridized carbons (Fsp3) is 0.556. The molecule has 2 amide bonds. The summed E-state index contributed by atoms with van der Waals surface area (Å²) in [4.78, 5) is 27.8. The number of hydrogen-bond acceptors (Lipinski definition) is 3. The van der Waals surface area contributed by atoms with Crippen LogP contribution in [0.1, 0.15) is 29.6 Å². The van der Waals surface area contributed by atoms with Crippen LogP contribution in [0.4, 0.5) is 4.39 Å². The highest BCUT2D eigenvalue weighted by molar-refractivity contribution is 5.96. The Balaban J connectivity index is 1.81. The van der Waals surface area contributed by atoms with Crippen molar-refractivity contribution in [2.45, 2.75) is 19.3 Å². The molecule has 0 N–H and O–H groups in total. The Morgan fingerprint density at radius 1 is 1.25 bits per heavy atom. The molecule has 132 valence electrons. The van der Waals surface area contributed by atoms with E-state index in [1.807, 2.05) is 4.90 Å². The van der Waals surface area contributed by atoms with Crippen molar-refractivity contribution in [2.24, 2.45) is 5.92 Å². The van der Waals surface area contributed by atoms with Gasteiger partial charge in [0.2, 0.25) is 5.91 Å². The predicted molar refractivity (Wildman–Crippen MR) is 89.2 cm³/mol. The van der Waals surface area contributed by atoms with Gasteiger partial charge in [-0.2, -0.15) is 0 Å². The molecule has 1 fully saturated rings. The van der Waals surface area contributed by atoms with Gasteiger partial charge in [0.1, 0.15) is 5.82 Å². The number of hydrogen-bond donors (Lipinski definition) is 0. The molecular formula is C18H25FN2O3. The second kappa shape index (κ2) is 8.78. The summed E-state index contributed by atoms with van der Waals surface area (Å²) in [6.07, 6.45) is 2.98. The van der Waals surface area contributed by atoms with Crippen LogP contribution >= 0.6 is 0 Å². The molecule has 0 atom stereocenters. The summed E-state index contributed by atoms with van der Waals surface area (Å²) in [5.74, 6) is -0.106. The molecule has 0 aromatic heterocycles. The number of carbonyl (C=O) groups is 2. The summed E-state index contributed by atoms with van der Waals surface area (Å²) in [7, 11) is 3.29. The van der Waals surface area contributed by atoms with Crippen LogP contribution in [0.5, 0.6) is 0 Å². The minimum Gasteiger partial charge on any atom is -0.385 e. The molecule has 5 nitrogen and oxygen atoms in total. The molecule has 0 bridgehead atoms. The van der Waals surface area contributed by atoms with E-state index in [1.54, 1.807) is 14.2 Å². The number of likely N-dealkylation sites (tertiary alicyclic amines) is 1. The summed E-state index contributed by atoms with van der Waals surface area (Å²) in [5.41, 5.74) is 0.380. The van der Waals surface area contributed by atoms with Gasteiger partial charge in [0.25, 0.3) is 5.91 Å². The van der Waals surface area contributed by atoms with Crippen LogP contribution in [0.3, 0.4) is 0 Å². The summed E-state index contributed by atoms with van der Waals surface area (Å²) in [6, 6.07) is 5.35. The van der Waals surface area contributed by atoms with Crippen molar-refractivity contribution in [3.05, 3.63) is 35.6 Å². The van der Waals surface area contributed by atoms with E-state index in [2.05, 4.69) is 0 Å². The molecule has 1 aliphatic rings. The summed E-state index contributed by atoms with van der Waals surface area (Å²) < 4.78 is 18.0. The minimum atomic E-state index is -0.387. The largest absolute Gasteiger partial charge is 0.385 e. The number of nitrogens with zero attached hydrogens (tertiary/aromatic N) is 2. The van der Waals surface area contributed by atoms with Crippen LogP contribution in [0.2, 0.25) is 0 Å².